The Morgan fingerprint density at radius 2 is 1.88 bits per heavy atom. The van der Waals surface area contributed by atoms with Crippen molar-refractivity contribution in [2.45, 2.75) is 52.4 Å². The molecule has 0 fully saturated rings. The van der Waals surface area contributed by atoms with E-state index in [4.69, 9.17) is 4.74 Å². The Balaban J connectivity index is 1.71. The fourth-order valence-corrected chi connectivity index (χ4v) is 4.25. The number of thioether (sulfide) groups is 1. The summed E-state index contributed by atoms with van der Waals surface area (Å²) in [7, 11) is 0. The van der Waals surface area contributed by atoms with Crippen LogP contribution < -0.4 is 10.1 Å². The fraction of sp³-hybridized carbons (Fsp3) is 0.320. The maximum atomic E-state index is 12.6. The van der Waals surface area contributed by atoms with Crippen molar-refractivity contribution in [3.05, 3.63) is 77.1 Å². The highest BCUT2D eigenvalue weighted by Crippen LogP contribution is 2.27. The van der Waals surface area contributed by atoms with Gasteiger partial charge in [0.1, 0.15) is 5.75 Å². The van der Waals surface area contributed by atoms with Gasteiger partial charge in [-0.05, 0) is 57.4 Å². The highest BCUT2D eigenvalue weighted by molar-refractivity contribution is 7.99. The van der Waals surface area contributed by atoms with Gasteiger partial charge in [0.05, 0.1) is 5.75 Å². The predicted molar refractivity (Wildman–Crippen MR) is 130 cm³/mol. The summed E-state index contributed by atoms with van der Waals surface area (Å²) >= 11 is 1.35. The summed E-state index contributed by atoms with van der Waals surface area (Å²) < 4.78 is 8.11. The summed E-state index contributed by atoms with van der Waals surface area (Å²) in [6, 6.07) is 12.0. The van der Waals surface area contributed by atoms with Gasteiger partial charge in [0.25, 0.3) is 0 Å². The third-order valence-corrected chi connectivity index (χ3v) is 6.10. The molecule has 1 amide bonds. The number of carbonyl (C=O) groups is 1. The van der Waals surface area contributed by atoms with Crippen LogP contribution in [0, 0.1) is 27.7 Å². The van der Waals surface area contributed by atoms with Gasteiger partial charge in [-0.15, -0.1) is 16.8 Å². The van der Waals surface area contributed by atoms with Gasteiger partial charge >= 0.3 is 0 Å². The van der Waals surface area contributed by atoms with E-state index in [1.165, 1.54) is 17.3 Å². The van der Waals surface area contributed by atoms with Gasteiger partial charge in [0.2, 0.25) is 5.91 Å². The molecule has 0 bridgehead atoms. The second-order valence-corrected chi connectivity index (χ2v) is 8.82. The van der Waals surface area contributed by atoms with E-state index in [2.05, 4.69) is 35.1 Å². The van der Waals surface area contributed by atoms with E-state index in [1.54, 1.807) is 6.08 Å². The number of amides is 1. The first-order valence-corrected chi connectivity index (χ1v) is 11.6. The van der Waals surface area contributed by atoms with Crippen molar-refractivity contribution in [2.24, 2.45) is 0 Å². The molecule has 0 aliphatic rings. The van der Waals surface area contributed by atoms with Crippen LogP contribution in [0.25, 0.3) is 0 Å². The van der Waals surface area contributed by atoms with Crippen molar-refractivity contribution < 1.29 is 9.53 Å². The Labute approximate surface area is 194 Å². The first-order chi connectivity index (χ1) is 15.3. The molecule has 32 heavy (non-hydrogen) atoms. The number of aryl methyl sites for hydroxylation is 4. The van der Waals surface area contributed by atoms with Crippen LogP contribution in [0.5, 0.6) is 5.75 Å². The first-order valence-electron chi connectivity index (χ1n) is 10.6. The van der Waals surface area contributed by atoms with Crippen LogP contribution in [0.3, 0.4) is 0 Å². The Kier molecular flexibility index (Phi) is 7.75. The number of allylic oxidation sites excluding steroid dienone is 1. The molecule has 0 spiro atoms. The van der Waals surface area contributed by atoms with Crippen molar-refractivity contribution in [3.8, 4) is 5.75 Å². The molecule has 2 aromatic carbocycles. The Hall–Kier alpha value is -3.06. The van der Waals surface area contributed by atoms with Gasteiger partial charge in [0, 0.05) is 12.2 Å². The minimum absolute atomic E-state index is 0.0818. The van der Waals surface area contributed by atoms with Gasteiger partial charge in [0.15, 0.2) is 17.1 Å². The Bertz CT molecular complexity index is 1100. The topological polar surface area (TPSA) is 69.0 Å². The van der Waals surface area contributed by atoms with Crippen molar-refractivity contribution >= 4 is 23.4 Å². The van der Waals surface area contributed by atoms with Gasteiger partial charge in [-0.25, -0.2) is 0 Å². The van der Waals surface area contributed by atoms with Crippen molar-refractivity contribution in [2.75, 3.05) is 11.1 Å². The summed E-state index contributed by atoms with van der Waals surface area (Å²) in [6.07, 6.45) is 1.49. The summed E-state index contributed by atoms with van der Waals surface area (Å²) in [5, 5.41) is 12.3. The molecule has 0 saturated carbocycles. The molecular formula is C25H30N4O2S. The van der Waals surface area contributed by atoms with Crippen LogP contribution >= 0.6 is 11.8 Å². The third kappa shape index (κ3) is 5.59. The van der Waals surface area contributed by atoms with Crippen LogP contribution in [0.1, 0.15) is 41.1 Å². The van der Waals surface area contributed by atoms with Gasteiger partial charge in [-0.3, -0.25) is 9.36 Å². The van der Waals surface area contributed by atoms with Gasteiger partial charge in [-0.1, -0.05) is 53.7 Å². The van der Waals surface area contributed by atoms with E-state index in [0.717, 1.165) is 28.1 Å². The molecule has 1 unspecified atom stereocenters. The lowest BCUT2D eigenvalue weighted by molar-refractivity contribution is -0.113. The number of rotatable bonds is 9. The molecule has 0 radical (unpaired) electrons. The average molecular weight is 451 g/mol. The number of anilines is 1. The number of nitrogens with one attached hydrogen (secondary N) is 1. The maximum Gasteiger partial charge on any atom is 0.234 e. The standard InChI is InChI=1S/C25H30N4O2S/c1-7-13-29-24(20(6)31-21-12-11-16(2)14-19(21)5)27-28-25(29)32-15-22(30)26-23-17(3)9-8-10-18(23)4/h7-12,14,20H,1,13,15H2,2-6H3,(H,26,30). The zero-order valence-electron chi connectivity index (χ0n) is 19.3. The summed E-state index contributed by atoms with van der Waals surface area (Å²) in [6.45, 7) is 14.4. The number of hydrogen-bond donors (Lipinski definition) is 1. The smallest absolute Gasteiger partial charge is 0.234 e. The lowest BCUT2D eigenvalue weighted by Crippen LogP contribution is -2.17. The maximum absolute atomic E-state index is 12.6. The quantitative estimate of drug-likeness (QED) is 0.341. The number of carbonyl (C=O) groups excluding carboxylic acids is 1. The summed E-state index contributed by atoms with van der Waals surface area (Å²) in [5.74, 6) is 1.66. The van der Waals surface area contributed by atoms with Crippen molar-refractivity contribution in [3.63, 3.8) is 0 Å². The highest BCUT2D eigenvalue weighted by Gasteiger charge is 2.20. The summed E-state index contributed by atoms with van der Waals surface area (Å²) in [4.78, 5) is 12.6. The van der Waals surface area contributed by atoms with Gasteiger partial charge < -0.3 is 10.1 Å². The van der Waals surface area contributed by atoms with Crippen LogP contribution in [0.15, 0.2) is 54.2 Å². The number of hydrogen-bond acceptors (Lipinski definition) is 5. The Morgan fingerprint density at radius 3 is 2.53 bits per heavy atom. The van der Waals surface area contributed by atoms with E-state index >= 15 is 0 Å². The molecule has 0 saturated heterocycles. The lowest BCUT2D eigenvalue weighted by Gasteiger charge is -2.17. The normalized spacial score (nSPS) is 11.8. The number of benzene rings is 2. The second-order valence-electron chi connectivity index (χ2n) is 7.87. The number of nitrogens with zero attached hydrogens (tertiary/aromatic N) is 3. The molecule has 168 valence electrons. The van der Waals surface area contributed by atoms with E-state index in [0.29, 0.717) is 17.5 Å². The molecule has 3 rings (SSSR count). The molecular weight excluding hydrogens is 420 g/mol. The molecule has 1 atom stereocenters. The van der Waals surface area contributed by atoms with Crippen LogP contribution in [-0.2, 0) is 11.3 Å². The summed E-state index contributed by atoms with van der Waals surface area (Å²) in [5.41, 5.74) is 5.21. The molecule has 3 aromatic rings. The highest BCUT2D eigenvalue weighted by atomic mass is 32.2. The minimum atomic E-state index is -0.304. The molecule has 0 aliphatic heterocycles. The van der Waals surface area contributed by atoms with E-state index in [-0.39, 0.29) is 17.8 Å². The average Bonchev–Trinajstić information content (AvgIpc) is 3.14. The number of para-hydroxylation sites is 1. The Morgan fingerprint density at radius 1 is 1.16 bits per heavy atom. The largest absolute Gasteiger partial charge is 0.482 e. The van der Waals surface area contributed by atoms with Crippen LogP contribution in [0.2, 0.25) is 0 Å². The molecule has 0 aliphatic carbocycles. The zero-order valence-corrected chi connectivity index (χ0v) is 20.1. The molecule has 7 heteroatoms. The molecule has 1 heterocycles. The third-order valence-electron chi connectivity index (χ3n) is 5.13. The molecule has 1 N–H and O–H groups in total. The monoisotopic (exact) mass is 450 g/mol. The predicted octanol–water partition coefficient (Wildman–Crippen LogP) is 5.57. The second kappa shape index (κ2) is 10.5. The van der Waals surface area contributed by atoms with E-state index in [9.17, 15) is 4.79 Å². The lowest BCUT2D eigenvalue weighted by atomic mass is 10.1. The number of ether oxygens (including phenoxy) is 1. The zero-order chi connectivity index (χ0) is 23.3. The van der Waals surface area contributed by atoms with Gasteiger partial charge in [-0.2, -0.15) is 0 Å². The molecule has 1 aromatic heterocycles. The van der Waals surface area contributed by atoms with Crippen molar-refractivity contribution in [1.29, 1.82) is 0 Å². The fourth-order valence-electron chi connectivity index (χ4n) is 3.50. The minimum Gasteiger partial charge on any atom is -0.482 e. The van der Waals surface area contributed by atoms with Crippen molar-refractivity contribution in [1.82, 2.24) is 14.8 Å². The van der Waals surface area contributed by atoms with E-state index in [1.807, 2.05) is 62.6 Å². The molecule has 6 nitrogen and oxygen atoms in total. The van der Waals surface area contributed by atoms with Crippen LogP contribution in [0.4, 0.5) is 5.69 Å². The van der Waals surface area contributed by atoms with Crippen LogP contribution in [-0.4, -0.2) is 26.4 Å². The first kappa shape index (κ1) is 23.6. The van der Waals surface area contributed by atoms with E-state index < -0.39 is 0 Å². The number of aromatic nitrogens is 3. The SMILES string of the molecule is C=CCn1c(SCC(=O)Nc2c(C)cccc2C)nnc1C(C)Oc1ccc(C)cc1C.